The molecule has 2 rings (SSSR count). The van der Waals surface area contributed by atoms with Gasteiger partial charge in [-0.15, -0.1) is 0 Å². The van der Waals surface area contributed by atoms with Crippen molar-refractivity contribution in [2.24, 2.45) is 5.92 Å². The molecule has 0 N–H and O–H groups in total. The third-order valence-corrected chi connectivity index (χ3v) is 4.20. The summed E-state index contributed by atoms with van der Waals surface area (Å²) in [4.78, 5) is 14.2. The Kier molecular flexibility index (Phi) is 5.58. The monoisotopic (exact) mass is 308 g/mol. The van der Waals surface area contributed by atoms with Crippen molar-refractivity contribution in [3.05, 3.63) is 34.6 Å². The topological polar surface area (TPSA) is 44.1 Å². The lowest BCUT2D eigenvalue weighted by atomic mass is 9.98. The Hall–Kier alpha value is -1.60. The average molecular weight is 309 g/mol. The van der Waals surface area contributed by atoms with Gasteiger partial charge in [0, 0.05) is 30.1 Å². The summed E-state index contributed by atoms with van der Waals surface area (Å²) in [6.07, 6.45) is 4.17. The van der Waals surface area contributed by atoms with Gasteiger partial charge < -0.3 is 4.90 Å². The van der Waals surface area contributed by atoms with Crippen molar-refractivity contribution in [3.8, 4) is 6.07 Å². The van der Waals surface area contributed by atoms with Gasteiger partial charge in [0.1, 0.15) is 11.7 Å². The third kappa shape index (κ3) is 3.95. The summed E-state index contributed by atoms with van der Waals surface area (Å²) < 4.78 is 13.8. The Morgan fingerprint density at radius 2 is 2.00 bits per heavy atom. The molecular formula is C16H18ClFN2O. The molecule has 21 heavy (non-hydrogen) atoms. The van der Waals surface area contributed by atoms with Gasteiger partial charge in [-0.2, -0.15) is 5.26 Å². The Morgan fingerprint density at radius 3 is 2.57 bits per heavy atom. The minimum absolute atomic E-state index is 0.0251. The van der Waals surface area contributed by atoms with Gasteiger partial charge in [0.25, 0.3) is 0 Å². The van der Waals surface area contributed by atoms with Crippen LogP contribution in [0.1, 0.15) is 31.2 Å². The van der Waals surface area contributed by atoms with Crippen molar-refractivity contribution in [3.63, 3.8) is 0 Å². The minimum atomic E-state index is -0.877. The van der Waals surface area contributed by atoms with Crippen molar-refractivity contribution in [1.82, 2.24) is 4.90 Å². The van der Waals surface area contributed by atoms with Crippen LogP contribution in [0.15, 0.2) is 18.2 Å². The third-order valence-electron chi connectivity index (χ3n) is 3.84. The fraction of sp³-hybridized carbons (Fsp3) is 0.500. The molecule has 1 amide bonds. The molecule has 5 heteroatoms. The molecule has 0 bridgehead atoms. The molecule has 1 aliphatic heterocycles. The molecule has 0 aliphatic carbocycles. The number of benzene rings is 1. The SMILES string of the molecule is N#CC(Cc1c(F)cccc1Cl)C(=O)N1CCCCCC1. The number of nitriles is 1. The molecule has 1 atom stereocenters. The highest BCUT2D eigenvalue weighted by Gasteiger charge is 2.26. The molecule has 1 aromatic carbocycles. The highest BCUT2D eigenvalue weighted by atomic mass is 35.5. The Labute approximate surface area is 129 Å². The predicted molar refractivity (Wildman–Crippen MR) is 79.3 cm³/mol. The average Bonchev–Trinajstić information content (AvgIpc) is 2.75. The number of carbonyl (C=O) groups is 1. The van der Waals surface area contributed by atoms with Crippen molar-refractivity contribution < 1.29 is 9.18 Å². The summed E-state index contributed by atoms with van der Waals surface area (Å²) in [5, 5.41) is 9.54. The van der Waals surface area contributed by atoms with E-state index >= 15 is 0 Å². The first kappa shape index (κ1) is 15.8. The number of likely N-dealkylation sites (tertiary alicyclic amines) is 1. The highest BCUT2D eigenvalue weighted by molar-refractivity contribution is 6.31. The maximum atomic E-state index is 13.8. The van der Waals surface area contributed by atoms with E-state index in [0.717, 1.165) is 25.7 Å². The molecule has 112 valence electrons. The van der Waals surface area contributed by atoms with Crippen LogP contribution in [0.5, 0.6) is 0 Å². The number of carbonyl (C=O) groups excluding carboxylic acids is 1. The second kappa shape index (κ2) is 7.42. The fourth-order valence-electron chi connectivity index (χ4n) is 2.63. The smallest absolute Gasteiger partial charge is 0.240 e. The molecule has 3 nitrogen and oxygen atoms in total. The predicted octanol–water partition coefficient (Wildman–Crippen LogP) is 3.56. The summed E-state index contributed by atoms with van der Waals surface area (Å²) in [7, 11) is 0. The van der Waals surface area contributed by atoms with E-state index in [1.807, 2.05) is 6.07 Å². The molecule has 0 aromatic heterocycles. The van der Waals surface area contributed by atoms with Gasteiger partial charge in [0.15, 0.2) is 0 Å². The van der Waals surface area contributed by atoms with E-state index in [2.05, 4.69) is 0 Å². The van der Waals surface area contributed by atoms with E-state index in [1.165, 1.54) is 12.1 Å². The van der Waals surface area contributed by atoms with Gasteiger partial charge >= 0.3 is 0 Å². The maximum absolute atomic E-state index is 13.8. The first-order chi connectivity index (χ1) is 10.1. The molecule has 1 saturated heterocycles. The van der Waals surface area contributed by atoms with Crippen LogP contribution < -0.4 is 0 Å². The van der Waals surface area contributed by atoms with E-state index in [-0.39, 0.29) is 22.9 Å². The number of rotatable bonds is 3. The maximum Gasteiger partial charge on any atom is 0.240 e. The molecule has 1 heterocycles. The molecule has 1 fully saturated rings. The zero-order chi connectivity index (χ0) is 15.2. The van der Waals surface area contributed by atoms with Gasteiger partial charge in [-0.25, -0.2) is 4.39 Å². The van der Waals surface area contributed by atoms with Crippen LogP contribution in [0.4, 0.5) is 4.39 Å². The number of nitrogens with zero attached hydrogens (tertiary/aromatic N) is 2. The lowest BCUT2D eigenvalue weighted by molar-refractivity contribution is -0.133. The summed E-state index contributed by atoms with van der Waals surface area (Å²) in [6.45, 7) is 1.37. The lowest BCUT2D eigenvalue weighted by Crippen LogP contribution is -2.37. The molecule has 1 aliphatic rings. The number of amides is 1. The van der Waals surface area contributed by atoms with Gasteiger partial charge in [0.05, 0.1) is 6.07 Å². The molecule has 0 spiro atoms. The summed E-state index contributed by atoms with van der Waals surface area (Å²) in [5.41, 5.74) is 0.244. The van der Waals surface area contributed by atoms with Gasteiger partial charge in [-0.1, -0.05) is 30.5 Å². The van der Waals surface area contributed by atoms with E-state index < -0.39 is 11.7 Å². The summed E-state index contributed by atoms with van der Waals surface area (Å²) >= 11 is 5.97. The van der Waals surface area contributed by atoms with E-state index in [0.29, 0.717) is 13.1 Å². The molecule has 1 unspecified atom stereocenters. The fourth-order valence-corrected chi connectivity index (χ4v) is 2.87. The van der Waals surface area contributed by atoms with Gasteiger partial charge in [-0.3, -0.25) is 4.79 Å². The minimum Gasteiger partial charge on any atom is -0.342 e. The molecular weight excluding hydrogens is 291 g/mol. The largest absolute Gasteiger partial charge is 0.342 e. The number of hydrogen-bond donors (Lipinski definition) is 0. The zero-order valence-electron chi connectivity index (χ0n) is 11.8. The highest BCUT2D eigenvalue weighted by Crippen LogP contribution is 2.23. The van der Waals surface area contributed by atoms with Crippen molar-refractivity contribution >= 4 is 17.5 Å². The normalized spacial score (nSPS) is 16.9. The first-order valence-corrected chi connectivity index (χ1v) is 7.62. The lowest BCUT2D eigenvalue weighted by Gasteiger charge is -2.23. The van der Waals surface area contributed by atoms with Crippen molar-refractivity contribution in [2.75, 3.05) is 13.1 Å². The Bertz CT molecular complexity index is 527. The van der Waals surface area contributed by atoms with Crippen LogP contribution in [-0.4, -0.2) is 23.9 Å². The van der Waals surface area contributed by atoms with Crippen LogP contribution in [-0.2, 0) is 11.2 Å². The van der Waals surface area contributed by atoms with Crippen LogP contribution >= 0.6 is 11.6 Å². The van der Waals surface area contributed by atoms with Crippen LogP contribution in [0.3, 0.4) is 0 Å². The van der Waals surface area contributed by atoms with Crippen molar-refractivity contribution in [1.29, 1.82) is 5.26 Å². The van der Waals surface area contributed by atoms with Crippen molar-refractivity contribution in [2.45, 2.75) is 32.1 Å². The number of hydrogen-bond acceptors (Lipinski definition) is 2. The molecule has 1 aromatic rings. The Balaban J connectivity index is 2.12. The van der Waals surface area contributed by atoms with Gasteiger partial charge in [0.2, 0.25) is 5.91 Å². The summed E-state index contributed by atoms with van der Waals surface area (Å²) in [6, 6.07) is 6.39. The standard InChI is InChI=1S/C16H18ClFN2O/c17-14-6-5-7-15(18)13(14)10-12(11-19)16(21)20-8-3-1-2-4-9-20/h5-7,12H,1-4,8-10H2. The Morgan fingerprint density at radius 1 is 1.33 bits per heavy atom. The second-order valence-electron chi connectivity index (χ2n) is 5.33. The van der Waals surface area contributed by atoms with E-state index in [1.54, 1.807) is 11.0 Å². The quantitative estimate of drug-likeness (QED) is 0.857. The first-order valence-electron chi connectivity index (χ1n) is 7.24. The van der Waals surface area contributed by atoms with E-state index in [9.17, 15) is 14.4 Å². The molecule has 0 radical (unpaired) electrons. The zero-order valence-corrected chi connectivity index (χ0v) is 12.6. The van der Waals surface area contributed by atoms with Gasteiger partial charge in [-0.05, 0) is 25.0 Å². The number of halogens is 2. The van der Waals surface area contributed by atoms with Crippen LogP contribution in [0.2, 0.25) is 5.02 Å². The second-order valence-corrected chi connectivity index (χ2v) is 5.73. The van der Waals surface area contributed by atoms with E-state index in [4.69, 9.17) is 11.6 Å². The van der Waals surface area contributed by atoms with Crippen LogP contribution in [0, 0.1) is 23.1 Å². The summed E-state index contributed by atoms with van der Waals surface area (Å²) in [5.74, 6) is -1.55. The van der Waals surface area contributed by atoms with Crippen LogP contribution in [0.25, 0.3) is 0 Å². The molecule has 0 saturated carbocycles.